The molecule has 0 amide bonds. The molecule has 2 rings (SSSR count). The molecule has 0 bridgehead atoms. The molecule has 3 heteroatoms. The second-order valence-corrected chi connectivity index (χ2v) is 5.37. The SMILES string of the molecule is CC(C)COCC(NCc1ccccc1)c1ccco1. The summed E-state index contributed by atoms with van der Waals surface area (Å²) in [6, 6.07) is 14.3. The first kappa shape index (κ1) is 14.8. The molecule has 1 atom stereocenters. The molecule has 2 aromatic rings. The van der Waals surface area contributed by atoms with Crippen molar-refractivity contribution in [3.8, 4) is 0 Å². The molecule has 0 aliphatic heterocycles. The van der Waals surface area contributed by atoms with E-state index in [9.17, 15) is 0 Å². The van der Waals surface area contributed by atoms with Crippen LogP contribution in [0.25, 0.3) is 0 Å². The summed E-state index contributed by atoms with van der Waals surface area (Å²) < 4.78 is 11.2. The smallest absolute Gasteiger partial charge is 0.123 e. The topological polar surface area (TPSA) is 34.4 Å². The summed E-state index contributed by atoms with van der Waals surface area (Å²) in [4.78, 5) is 0. The fourth-order valence-electron chi connectivity index (χ4n) is 1.99. The van der Waals surface area contributed by atoms with Gasteiger partial charge in [-0.1, -0.05) is 44.2 Å². The van der Waals surface area contributed by atoms with E-state index in [1.165, 1.54) is 5.56 Å². The lowest BCUT2D eigenvalue weighted by Crippen LogP contribution is -2.25. The van der Waals surface area contributed by atoms with Gasteiger partial charge in [0.05, 0.1) is 18.9 Å². The summed E-state index contributed by atoms with van der Waals surface area (Å²) >= 11 is 0. The summed E-state index contributed by atoms with van der Waals surface area (Å²) in [7, 11) is 0. The maximum Gasteiger partial charge on any atom is 0.123 e. The predicted octanol–water partition coefficient (Wildman–Crippen LogP) is 3.78. The van der Waals surface area contributed by atoms with Crippen molar-refractivity contribution >= 4 is 0 Å². The van der Waals surface area contributed by atoms with Crippen molar-refractivity contribution in [3.05, 3.63) is 60.1 Å². The summed E-state index contributed by atoms with van der Waals surface area (Å²) in [5, 5.41) is 3.49. The lowest BCUT2D eigenvalue weighted by Gasteiger charge is -2.17. The third kappa shape index (κ3) is 4.83. The van der Waals surface area contributed by atoms with Gasteiger partial charge < -0.3 is 14.5 Å². The van der Waals surface area contributed by atoms with Crippen molar-refractivity contribution in [2.24, 2.45) is 5.92 Å². The number of benzene rings is 1. The Hall–Kier alpha value is -1.58. The van der Waals surface area contributed by atoms with Crippen LogP contribution >= 0.6 is 0 Å². The van der Waals surface area contributed by atoms with Crippen LogP contribution in [0.15, 0.2) is 53.1 Å². The third-order valence-corrected chi connectivity index (χ3v) is 3.02. The van der Waals surface area contributed by atoms with Gasteiger partial charge in [-0.2, -0.15) is 0 Å². The average Bonchev–Trinajstić information content (AvgIpc) is 2.97. The highest BCUT2D eigenvalue weighted by Gasteiger charge is 2.14. The van der Waals surface area contributed by atoms with E-state index in [1.54, 1.807) is 6.26 Å². The first-order chi connectivity index (χ1) is 9.75. The Labute approximate surface area is 121 Å². The van der Waals surface area contributed by atoms with Gasteiger partial charge in [-0.3, -0.25) is 0 Å². The second-order valence-electron chi connectivity index (χ2n) is 5.37. The lowest BCUT2D eigenvalue weighted by atomic mass is 10.2. The maximum atomic E-state index is 5.75. The van der Waals surface area contributed by atoms with Crippen LogP contribution in [0.1, 0.15) is 31.2 Å². The fraction of sp³-hybridized carbons (Fsp3) is 0.412. The molecule has 0 spiro atoms. The van der Waals surface area contributed by atoms with Gasteiger partial charge >= 0.3 is 0 Å². The van der Waals surface area contributed by atoms with Gasteiger partial charge in [0.1, 0.15) is 5.76 Å². The van der Waals surface area contributed by atoms with Crippen LogP contribution in [0.2, 0.25) is 0 Å². The zero-order valence-electron chi connectivity index (χ0n) is 12.2. The number of nitrogens with one attached hydrogen (secondary N) is 1. The molecule has 0 aliphatic rings. The van der Waals surface area contributed by atoms with E-state index >= 15 is 0 Å². The lowest BCUT2D eigenvalue weighted by molar-refractivity contribution is 0.0844. The molecule has 20 heavy (non-hydrogen) atoms. The minimum absolute atomic E-state index is 0.0870. The summed E-state index contributed by atoms with van der Waals surface area (Å²) in [6.07, 6.45) is 1.70. The molecule has 0 saturated heterocycles. The van der Waals surface area contributed by atoms with Crippen molar-refractivity contribution in [3.63, 3.8) is 0 Å². The summed E-state index contributed by atoms with van der Waals surface area (Å²) in [6.45, 7) is 6.50. The van der Waals surface area contributed by atoms with Crippen LogP contribution in [0.5, 0.6) is 0 Å². The standard InChI is InChI=1S/C17H23NO2/c1-14(2)12-19-13-16(17-9-6-10-20-17)18-11-15-7-4-3-5-8-15/h3-10,14,16,18H,11-13H2,1-2H3. The Kier molecular flexibility index (Phi) is 5.84. The van der Waals surface area contributed by atoms with Crippen LogP contribution in [0.3, 0.4) is 0 Å². The Balaban J connectivity index is 1.89. The molecular formula is C17H23NO2. The monoisotopic (exact) mass is 273 g/mol. The molecule has 1 aromatic carbocycles. The van der Waals surface area contributed by atoms with E-state index in [0.717, 1.165) is 18.9 Å². The highest BCUT2D eigenvalue weighted by Crippen LogP contribution is 2.15. The second kappa shape index (κ2) is 7.88. The molecule has 1 unspecified atom stereocenters. The zero-order valence-corrected chi connectivity index (χ0v) is 12.2. The van der Waals surface area contributed by atoms with Gasteiger partial charge in [0.25, 0.3) is 0 Å². The summed E-state index contributed by atoms with van der Waals surface area (Å²) in [5.74, 6) is 1.46. The van der Waals surface area contributed by atoms with Crippen LogP contribution in [-0.2, 0) is 11.3 Å². The first-order valence-electron chi connectivity index (χ1n) is 7.14. The molecule has 1 heterocycles. The van der Waals surface area contributed by atoms with Gasteiger partial charge in [-0.25, -0.2) is 0 Å². The molecule has 0 aliphatic carbocycles. The number of hydrogen-bond acceptors (Lipinski definition) is 3. The minimum Gasteiger partial charge on any atom is -0.468 e. The van der Waals surface area contributed by atoms with Gasteiger partial charge in [-0.05, 0) is 23.6 Å². The molecule has 1 N–H and O–H groups in total. The van der Waals surface area contributed by atoms with E-state index < -0.39 is 0 Å². The molecule has 0 saturated carbocycles. The fourth-order valence-corrected chi connectivity index (χ4v) is 1.99. The van der Waals surface area contributed by atoms with Crippen LogP contribution in [-0.4, -0.2) is 13.2 Å². The highest BCUT2D eigenvalue weighted by molar-refractivity contribution is 5.15. The molecule has 1 aromatic heterocycles. The van der Waals surface area contributed by atoms with Crippen LogP contribution < -0.4 is 5.32 Å². The Bertz CT molecular complexity index is 465. The number of rotatable bonds is 8. The van der Waals surface area contributed by atoms with Gasteiger partial charge in [0.15, 0.2) is 0 Å². The van der Waals surface area contributed by atoms with Crippen LogP contribution in [0.4, 0.5) is 0 Å². The van der Waals surface area contributed by atoms with Crippen molar-refractivity contribution in [1.29, 1.82) is 0 Å². The Morgan fingerprint density at radius 3 is 2.50 bits per heavy atom. The maximum absolute atomic E-state index is 5.75. The Morgan fingerprint density at radius 2 is 1.85 bits per heavy atom. The van der Waals surface area contributed by atoms with Crippen molar-refractivity contribution in [1.82, 2.24) is 5.32 Å². The molecule has 0 radical (unpaired) electrons. The van der Waals surface area contributed by atoms with E-state index in [0.29, 0.717) is 12.5 Å². The van der Waals surface area contributed by atoms with Crippen molar-refractivity contribution in [2.75, 3.05) is 13.2 Å². The molecule has 3 nitrogen and oxygen atoms in total. The molecule has 0 fully saturated rings. The average molecular weight is 273 g/mol. The minimum atomic E-state index is 0.0870. The number of furan rings is 1. The zero-order chi connectivity index (χ0) is 14.2. The van der Waals surface area contributed by atoms with Gasteiger partial charge in [0, 0.05) is 13.2 Å². The van der Waals surface area contributed by atoms with E-state index in [4.69, 9.17) is 9.15 Å². The van der Waals surface area contributed by atoms with E-state index in [-0.39, 0.29) is 6.04 Å². The summed E-state index contributed by atoms with van der Waals surface area (Å²) in [5.41, 5.74) is 1.26. The Morgan fingerprint density at radius 1 is 1.05 bits per heavy atom. The van der Waals surface area contributed by atoms with E-state index in [2.05, 4.69) is 31.3 Å². The largest absolute Gasteiger partial charge is 0.468 e. The van der Waals surface area contributed by atoms with Crippen molar-refractivity contribution in [2.45, 2.75) is 26.4 Å². The molecular weight excluding hydrogens is 250 g/mol. The third-order valence-electron chi connectivity index (χ3n) is 3.02. The predicted molar refractivity (Wildman–Crippen MR) is 80.4 cm³/mol. The first-order valence-corrected chi connectivity index (χ1v) is 7.14. The van der Waals surface area contributed by atoms with Crippen molar-refractivity contribution < 1.29 is 9.15 Å². The highest BCUT2D eigenvalue weighted by atomic mass is 16.5. The normalized spacial score (nSPS) is 12.8. The number of hydrogen-bond donors (Lipinski definition) is 1. The molecule has 108 valence electrons. The quantitative estimate of drug-likeness (QED) is 0.794. The van der Waals surface area contributed by atoms with Gasteiger partial charge in [-0.15, -0.1) is 0 Å². The van der Waals surface area contributed by atoms with Crippen LogP contribution in [0, 0.1) is 5.92 Å². The van der Waals surface area contributed by atoms with E-state index in [1.807, 2.05) is 30.3 Å². The van der Waals surface area contributed by atoms with Gasteiger partial charge in [0.2, 0.25) is 0 Å². The number of ether oxygens (including phenoxy) is 1.